The van der Waals surface area contributed by atoms with Crippen molar-refractivity contribution in [2.45, 2.75) is 32.1 Å². The molecule has 0 aromatic heterocycles. The lowest BCUT2D eigenvalue weighted by Crippen LogP contribution is -2.16. The Morgan fingerprint density at radius 1 is 1.29 bits per heavy atom. The van der Waals surface area contributed by atoms with Gasteiger partial charge in [-0.3, -0.25) is 4.79 Å². The van der Waals surface area contributed by atoms with E-state index in [0.717, 1.165) is 31.9 Å². The van der Waals surface area contributed by atoms with E-state index in [4.69, 9.17) is 5.11 Å². The van der Waals surface area contributed by atoms with Crippen LogP contribution in [-0.4, -0.2) is 25.7 Å². The number of hydrogen-bond donors (Lipinski definition) is 1. The minimum atomic E-state index is -3.19. The molecule has 6 heteroatoms. The van der Waals surface area contributed by atoms with Crippen LogP contribution in [0.15, 0.2) is 0 Å². The van der Waals surface area contributed by atoms with E-state index in [1.807, 2.05) is 0 Å². The van der Waals surface area contributed by atoms with E-state index in [0.29, 0.717) is 0 Å². The molecule has 1 N–H and O–H groups in total. The minimum Gasteiger partial charge on any atom is -0.481 e. The lowest BCUT2D eigenvalue weighted by atomic mass is 9.90. The van der Waals surface area contributed by atoms with Crippen molar-refractivity contribution >= 4 is 25.7 Å². The second kappa shape index (κ2) is 6.24. The molecular weight excluding hydrogens is 228 g/mol. The van der Waals surface area contributed by atoms with Gasteiger partial charge in [0.05, 0.1) is 12.2 Å². The van der Waals surface area contributed by atoms with Crippen LogP contribution in [0.5, 0.6) is 0 Å². The Kier molecular flexibility index (Phi) is 6.11. The van der Waals surface area contributed by atoms with Gasteiger partial charge in [-0.25, -0.2) is 8.42 Å². The van der Waals surface area contributed by atoms with Gasteiger partial charge < -0.3 is 5.11 Å². The van der Waals surface area contributed by atoms with Crippen LogP contribution < -0.4 is 0 Å². The van der Waals surface area contributed by atoms with Gasteiger partial charge in [-0.1, -0.05) is 19.3 Å². The van der Waals surface area contributed by atoms with Crippen LogP contribution in [0.4, 0.5) is 0 Å². The largest absolute Gasteiger partial charge is 0.481 e. The molecule has 0 heterocycles. The zero-order chi connectivity index (χ0) is 11.2. The van der Waals surface area contributed by atoms with Gasteiger partial charge >= 0.3 is 5.97 Å². The summed E-state index contributed by atoms with van der Waals surface area (Å²) in [6.07, 6.45) is 6.16. The summed E-state index contributed by atoms with van der Waals surface area (Å²) in [6.45, 7) is 0. The van der Waals surface area contributed by atoms with Gasteiger partial charge in [0.2, 0.25) is 9.05 Å². The van der Waals surface area contributed by atoms with Gasteiger partial charge in [-0.2, -0.15) is 0 Å². The summed E-state index contributed by atoms with van der Waals surface area (Å²) in [5.41, 5.74) is 0. The molecule has 0 aromatic carbocycles. The first kappa shape index (κ1) is 13.7. The van der Waals surface area contributed by atoms with Gasteiger partial charge in [0.15, 0.2) is 0 Å². The van der Waals surface area contributed by atoms with E-state index in [9.17, 15) is 13.2 Å². The monoisotopic (exact) mass is 242 g/mol. The maximum Gasteiger partial charge on any atom is 0.306 e. The van der Waals surface area contributed by atoms with Gasteiger partial charge in [-0.05, 0) is 12.8 Å². The number of hydrogen-bond acceptors (Lipinski definition) is 3. The Balaban J connectivity index is 0.000000292. The van der Waals surface area contributed by atoms with Gasteiger partial charge in [0.25, 0.3) is 0 Å². The molecule has 0 amide bonds. The second-order valence-corrected chi connectivity index (χ2v) is 6.40. The molecule has 14 heavy (non-hydrogen) atoms. The summed E-state index contributed by atoms with van der Waals surface area (Å²) in [5.74, 6) is -0.631. The molecule has 1 aliphatic rings. The Labute approximate surface area is 88.7 Å². The highest BCUT2D eigenvalue weighted by Gasteiger charge is 2.19. The first-order valence-corrected chi connectivity index (χ1v) is 7.15. The highest BCUT2D eigenvalue weighted by Crippen LogP contribution is 2.23. The fourth-order valence-electron chi connectivity index (χ4n) is 1.35. The average Bonchev–Trinajstić information content (AvgIpc) is 2.03. The minimum absolute atomic E-state index is 0.0289. The molecule has 1 rings (SSSR count). The molecule has 1 aliphatic carbocycles. The third-order valence-corrected chi connectivity index (χ3v) is 1.95. The van der Waals surface area contributed by atoms with Crippen molar-refractivity contribution in [1.29, 1.82) is 0 Å². The van der Waals surface area contributed by atoms with Crippen molar-refractivity contribution in [1.82, 2.24) is 0 Å². The van der Waals surface area contributed by atoms with Gasteiger partial charge in [0, 0.05) is 10.7 Å². The van der Waals surface area contributed by atoms with Crippen LogP contribution in [0.2, 0.25) is 0 Å². The summed E-state index contributed by atoms with van der Waals surface area (Å²) in [5, 5.41) is 8.54. The standard InChI is InChI=1S/C7H12O2.CH3ClO2S/c8-7(9)6-4-2-1-3-5-6;1-5(2,3)4/h6H,1-5H2,(H,8,9);1H3. The molecule has 0 spiro atoms. The van der Waals surface area contributed by atoms with Crippen molar-refractivity contribution in [2.75, 3.05) is 6.26 Å². The smallest absolute Gasteiger partial charge is 0.306 e. The first-order valence-electron chi connectivity index (χ1n) is 4.43. The van der Waals surface area contributed by atoms with Crippen LogP contribution in [0.3, 0.4) is 0 Å². The number of carbonyl (C=O) groups is 1. The van der Waals surface area contributed by atoms with Crippen molar-refractivity contribution in [3.63, 3.8) is 0 Å². The summed E-state index contributed by atoms with van der Waals surface area (Å²) >= 11 is 0. The average molecular weight is 243 g/mol. The normalized spacial score (nSPS) is 18.1. The highest BCUT2D eigenvalue weighted by molar-refractivity contribution is 8.13. The van der Waals surface area contributed by atoms with Crippen molar-refractivity contribution < 1.29 is 18.3 Å². The molecule has 4 nitrogen and oxygen atoms in total. The predicted octanol–water partition coefficient (Wildman–Crippen LogP) is 1.84. The fraction of sp³-hybridized carbons (Fsp3) is 0.875. The molecule has 84 valence electrons. The lowest BCUT2D eigenvalue weighted by Gasteiger charge is -2.16. The summed E-state index contributed by atoms with van der Waals surface area (Å²) in [4.78, 5) is 10.4. The molecule has 0 aromatic rings. The van der Waals surface area contributed by atoms with E-state index in [1.54, 1.807) is 0 Å². The molecule has 0 atom stereocenters. The van der Waals surface area contributed by atoms with E-state index in [-0.39, 0.29) is 5.92 Å². The third kappa shape index (κ3) is 9.80. The number of aliphatic carboxylic acids is 1. The van der Waals surface area contributed by atoms with Gasteiger partial charge in [-0.15, -0.1) is 0 Å². The molecular formula is C8H15ClO4S. The Morgan fingerprint density at radius 3 is 1.86 bits per heavy atom. The molecule has 1 fully saturated rings. The lowest BCUT2D eigenvalue weighted by molar-refractivity contribution is -0.142. The molecule has 0 unspecified atom stereocenters. The number of carboxylic acids is 1. The Hall–Kier alpha value is -0.290. The molecule has 0 bridgehead atoms. The van der Waals surface area contributed by atoms with E-state index < -0.39 is 15.0 Å². The predicted molar refractivity (Wildman–Crippen MR) is 54.9 cm³/mol. The maximum absolute atomic E-state index is 10.4. The van der Waals surface area contributed by atoms with Crippen molar-refractivity contribution in [2.24, 2.45) is 5.92 Å². The Morgan fingerprint density at radius 2 is 1.64 bits per heavy atom. The first-order chi connectivity index (χ1) is 6.30. The molecule has 0 saturated heterocycles. The maximum atomic E-state index is 10.4. The molecule has 0 aliphatic heterocycles. The van der Waals surface area contributed by atoms with Crippen molar-refractivity contribution in [3.8, 4) is 0 Å². The van der Waals surface area contributed by atoms with Crippen LogP contribution >= 0.6 is 10.7 Å². The van der Waals surface area contributed by atoms with E-state index in [1.165, 1.54) is 6.42 Å². The Bertz CT molecular complexity index is 259. The van der Waals surface area contributed by atoms with Crippen LogP contribution in [0, 0.1) is 5.92 Å². The fourth-order valence-corrected chi connectivity index (χ4v) is 1.35. The van der Waals surface area contributed by atoms with Crippen LogP contribution in [-0.2, 0) is 13.8 Å². The quantitative estimate of drug-likeness (QED) is 0.713. The SMILES string of the molecule is CS(=O)(=O)Cl.O=C(O)C1CCCCC1. The van der Waals surface area contributed by atoms with E-state index in [2.05, 4.69) is 10.7 Å². The van der Waals surface area contributed by atoms with E-state index >= 15 is 0 Å². The number of carboxylic acid groups (broad SMARTS) is 1. The third-order valence-electron chi connectivity index (χ3n) is 1.95. The summed E-state index contributed by atoms with van der Waals surface area (Å²) < 4.78 is 18.8. The van der Waals surface area contributed by atoms with Crippen molar-refractivity contribution in [3.05, 3.63) is 0 Å². The number of halogens is 1. The second-order valence-electron chi connectivity index (χ2n) is 3.35. The zero-order valence-corrected chi connectivity index (χ0v) is 9.64. The zero-order valence-electron chi connectivity index (χ0n) is 8.07. The summed E-state index contributed by atoms with van der Waals surface area (Å²) in [6, 6.07) is 0. The van der Waals surface area contributed by atoms with Crippen LogP contribution in [0.25, 0.3) is 0 Å². The molecule has 0 radical (unpaired) electrons. The highest BCUT2D eigenvalue weighted by atomic mass is 35.7. The van der Waals surface area contributed by atoms with Crippen LogP contribution in [0.1, 0.15) is 32.1 Å². The van der Waals surface area contributed by atoms with Gasteiger partial charge in [0.1, 0.15) is 0 Å². The summed E-state index contributed by atoms with van der Waals surface area (Å²) in [7, 11) is 1.31. The molecule has 1 saturated carbocycles. The number of rotatable bonds is 1. The topological polar surface area (TPSA) is 71.4 Å².